The Morgan fingerprint density at radius 2 is 2.00 bits per heavy atom. The molecule has 0 saturated carbocycles. The van der Waals surface area contributed by atoms with Gasteiger partial charge >= 0.3 is 0 Å². The molecule has 0 radical (unpaired) electrons. The van der Waals surface area contributed by atoms with Crippen molar-refractivity contribution in [2.24, 2.45) is 11.8 Å². The summed E-state index contributed by atoms with van der Waals surface area (Å²) in [5.74, 6) is 1.67. The molecule has 0 aromatic heterocycles. The van der Waals surface area contributed by atoms with Crippen LogP contribution in [0.3, 0.4) is 0 Å². The van der Waals surface area contributed by atoms with Crippen LogP contribution in [0.1, 0.15) is 53.4 Å². The van der Waals surface area contributed by atoms with Gasteiger partial charge in [0.15, 0.2) is 5.78 Å². The summed E-state index contributed by atoms with van der Waals surface area (Å²) in [5, 5.41) is 0. The summed E-state index contributed by atoms with van der Waals surface area (Å²) in [6, 6.07) is 0. The number of ketones is 1. The largest absolute Gasteiger partial charge is 0.295 e. The van der Waals surface area contributed by atoms with Crippen LogP contribution in [0.4, 0.5) is 0 Å². The minimum atomic E-state index is 0.412. The van der Waals surface area contributed by atoms with Crippen molar-refractivity contribution >= 4 is 5.78 Å². The van der Waals surface area contributed by atoms with E-state index in [-0.39, 0.29) is 0 Å². The summed E-state index contributed by atoms with van der Waals surface area (Å²) in [4.78, 5) is 11.7. The molecule has 1 nitrogen and oxygen atoms in total. The van der Waals surface area contributed by atoms with Crippen molar-refractivity contribution < 1.29 is 4.79 Å². The summed E-state index contributed by atoms with van der Waals surface area (Å²) >= 11 is 0. The van der Waals surface area contributed by atoms with Gasteiger partial charge in [0.05, 0.1) is 0 Å². The molecule has 0 saturated heterocycles. The van der Waals surface area contributed by atoms with Gasteiger partial charge in [-0.05, 0) is 25.2 Å². The molecule has 0 amide bonds. The number of allylic oxidation sites excluding steroid dienone is 2. The quantitative estimate of drug-likeness (QED) is 0.629. The second-order valence-corrected chi connectivity index (χ2v) is 4.65. The SMILES string of the molecule is CCCC(=O)C1=C(CC)C1CC(C)C. The molecule has 0 aromatic rings. The van der Waals surface area contributed by atoms with Crippen molar-refractivity contribution in [3.8, 4) is 0 Å². The van der Waals surface area contributed by atoms with Gasteiger partial charge in [0, 0.05) is 17.9 Å². The van der Waals surface area contributed by atoms with Crippen LogP contribution in [0.25, 0.3) is 0 Å². The lowest BCUT2D eigenvalue weighted by Crippen LogP contribution is -1.99. The highest BCUT2D eigenvalue weighted by atomic mass is 16.1. The lowest BCUT2D eigenvalue weighted by molar-refractivity contribution is -0.115. The van der Waals surface area contributed by atoms with E-state index in [0.717, 1.165) is 19.3 Å². The molecule has 1 heteroatoms. The van der Waals surface area contributed by atoms with Crippen LogP contribution in [-0.4, -0.2) is 5.78 Å². The van der Waals surface area contributed by atoms with Gasteiger partial charge < -0.3 is 0 Å². The molecule has 0 spiro atoms. The van der Waals surface area contributed by atoms with E-state index < -0.39 is 0 Å². The van der Waals surface area contributed by atoms with Crippen LogP contribution in [0.2, 0.25) is 0 Å². The van der Waals surface area contributed by atoms with Gasteiger partial charge in [0.25, 0.3) is 0 Å². The summed E-state index contributed by atoms with van der Waals surface area (Å²) in [7, 11) is 0. The average Bonchev–Trinajstić information content (AvgIpc) is 2.77. The maximum atomic E-state index is 11.7. The van der Waals surface area contributed by atoms with E-state index in [1.807, 2.05) is 0 Å². The number of carbonyl (C=O) groups excluding carboxylic acids is 1. The lowest BCUT2D eigenvalue weighted by Gasteiger charge is -2.04. The first-order chi connectivity index (χ1) is 6.61. The van der Waals surface area contributed by atoms with Crippen LogP contribution in [-0.2, 0) is 4.79 Å². The summed E-state index contributed by atoms with van der Waals surface area (Å²) in [5.41, 5.74) is 2.63. The van der Waals surface area contributed by atoms with E-state index >= 15 is 0 Å². The molecule has 80 valence electrons. The molecule has 1 unspecified atom stereocenters. The number of hydrogen-bond donors (Lipinski definition) is 0. The molecule has 0 heterocycles. The van der Waals surface area contributed by atoms with Gasteiger partial charge in [-0.15, -0.1) is 0 Å². The molecule has 0 N–H and O–H groups in total. The van der Waals surface area contributed by atoms with E-state index in [0.29, 0.717) is 17.6 Å². The first-order valence-electron chi connectivity index (χ1n) is 5.87. The summed E-state index contributed by atoms with van der Waals surface area (Å²) in [6.45, 7) is 8.69. The van der Waals surface area contributed by atoms with Crippen molar-refractivity contribution in [1.82, 2.24) is 0 Å². The minimum Gasteiger partial charge on any atom is -0.295 e. The van der Waals surface area contributed by atoms with E-state index in [1.54, 1.807) is 0 Å². The van der Waals surface area contributed by atoms with E-state index in [2.05, 4.69) is 27.7 Å². The van der Waals surface area contributed by atoms with Gasteiger partial charge in [-0.2, -0.15) is 0 Å². The first kappa shape index (κ1) is 11.5. The third kappa shape index (κ3) is 2.46. The molecule has 0 aromatic carbocycles. The molecule has 1 rings (SSSR count). The van der Waals surface area contributed by atoms with Crippen molar-refractivity contribution in [1.29, 1.82) is 0 Å². The van der Waals surface area contributed by atoms with Crippen LogP contribution in [0.5, 0.6) is 0 Å². The third-order valence-electron chi connectivity index (χ3n) is 2.90. The Morgan fingerprint density at radius 3 is 2.43 bits per heavy atom. The number of rotatable bonds is 6. The highest BCUT2D eigenvalue weighted by Crippen LogP contribution is 2.46. The second-order valence-electron chi connectivity index (χ2n) is 4.65. The van der Waals surface area contributed by atoms with E-state index in [1.165, 1.54) is 17.6 Å². The van der Waals surface area contributed by atoms with Crippen LogP contribution in [0, 0.1) is 11.8 Å². The predicted molar refractivity (Wildman–Crippen MR) is 60.2 cm³/mol. The number of hydrogen-bond acceptors (Lipinski definition) is 1. The fourth-order valence-corrected chi connectivity index (χ4v) is 2.22. The molecular formula is C13H22O. The van der Waals surface area contributed by atoms with Crippen molar-refractivity contribution in [2.45, 2.75) is 53.4 Å². The first-order valence-corrected chi connectivity index (χ1v) is 5.87. The third-order valence-corrected chi connectivity index (χ3v) is 2.90. The molecule has 1 aliphatic rings. The number of carbonyl (C=O) groups is 1. The highest BCUT2D eigenvalue weighted by Gasteiger charge is 2.38. The van der Waals surface area contributed by atoms with Crippen molar-refractivity contribution in [3.63, 3.8) is 0 Å². The maximum absolute atomic E-state index is 11.7. The van der Waals surface area contributed by atoms with Crippen LogP contribution >= 0.6 is 0 Å². The standard InChI is InChI=1S/C13H22O/c1-5-7-12(14)13-10(6-2)11(13)8-9(3)4/h9,11H,5-8H2,1-4H3. The van der Waals surface area contributed by atoms with Gasteiger partial charge in [-0.1, -0.05) is 33.3 Å². The minimum absolute atomic E-state index is 0.412. The molecule has 0 fully saturated rings. The van der Waals surface area contributed by atoms with Gasteiger partial charge in [0.2, 0.25) is 0 Å². The molecule has 1 atom stereocenters. The van der Waals surface area contributed by atoms with Gasteiger partial charge in [-0.25, -0.2) is 0 Å². The fraction of sp³-hybridized carbons (Fsp3) is 0.769. The molecule has 14 heavy (non-hydrogen) atoms. The molecule has 0 aliphatic heterocycles. The normalized spacial score (nSPS) is 20.5. The predicted octanol–water partition coefficient (Wildman–Crippen LogP) is 3.74. The maximum Gasteiger partial charge on any atom is 0.159 e. The van der Waals surface area contributed by atoms with Gasteiger partial charge in [-0.3, -0.25) is 4.79 Å². The zero-order valence-corrected chi connectivity index (χ0v) is 9.89. The highest BCUT2D eigenvalue weighted by molar-refractivity contribution is 6.01. The summed E-state index contributed by atoms with van der Waals surface area (Å²) < 4.78 is 0. The Balaban J connectivity index is 2.51. The van der Waals surface area contributed by atoms with Crippen LogP contribution in [0.15, 0.2) is 11.1 Å². The molecule has 1 aliphatic carbocycles. The number of Topliss-reactive ketones (excluding diaryl/α,β-unsaturated/α-hetero) is 1. The zero-order chi connectivity index (χ0) is 10.7. The molecule has 0 bridgehead atoms. The summed E-state index contributed by atoms with van der Waals surface area (Å²) in [6.07, 6.45) is 3.97. The Bertz CT molecular complexity index is 248. The zero-order valence-electron chi connectivity index (χ0n) is 9.89. The Kier molecular flexibility index (Phi) is 3.91. The monoisotopic (exact) mass is 194 g/mol. The Labute approximate surface area is 87.6 Å². The van der Waals surface area contributed by atoms with Gasteiger partial charge in [0.1, 0.15) is 0 Å². The van der Waals surface area contributed by atoms with Crippen molar-refractivity contribution in [3.05, 3.63) is 11.1 Å². The Hall–Kier alpha value is -0.590. The second kappa shape index (κ2) is 4.77. The smallest absolute Gasteiger partial charge is 0.159 e. The average molecular weight is 194 g/mol. The fourth-order valence-electron chi connectivity index (χ4n) is 2.22. The van der Waals surface area contributed by atoms with E-state index in [9.17, 15) is 4.79 Å². The lowest BCUT2D eigenvalue weighted by atomic mass is 10.0. The van der Waals surface area contributed by atoms with E-state index in [4.69, 9.17) is 0 Å². The van der Waals surface area contributed by atoms with Crippen molar-refractivity contribution in [2.75, 3.05) is 0 Å². The Morgan fingerprint density at radius 1 is 1.36 bits per heavy atom. The molecular weight excluding hydrogens is 172 g/mol. The topological polar surface area (TPSA) is 17.1 Å². The van der Waals surface area contributed by atoms with Crippen LogP contribution < -0.4 is 0 Å².